The summed E-state index contributed by atoms with van der Waals surface area (Å²) < 4.78 is 0. The van der Waals surface area contributed by atoms with Crippen LogP contribution in [0.15, 0.2) is 24.5 Å². The zero-order valence-corrected chi connectivity index (χ0v) is 12.4. The number of nitrogens with zero attached hydrogens (tertiary/aromatic N) is 2. The molecular weight excluding hydrogens is 266 g/mol. The van der Waals surface area contributed by atoms with Crippen LogP contribution in [0.4, 0.5) is 5.82 Å². The van der Waals surface area contributed by atoms with Crippen LogP contribution < -0.4 is 10.6 Å². The van der Waals surface area contributed by atoms with Crippen molar-refractivity contribution < 1.29 is 4.79 Å². The van der Waals surface area contributed by atoms with Crippen molar-refractivity contribution in [1.29, 1.82) is 0 Å². The number of carbonyl (C=O) groups excluding carboxylic acids is 1. The fourth-order valence-electron chi connectivity index (χ4n) is 2.06. The second-order valence-electron chi connectivity index (χ2n) is 4.77. The molecule has 0 saturated heterocycles. The lowest BCUT2D eigenvalue weighted by Crippen LogP contribution is -2.26. The van der Waals surface area contributed by atoms with Gasteiger partial charge in [-0.15, -0.1) is 0 Å². The maximum Gasteiger partial charge on any atom is 0.251 e. The number of anilines is 1. The van der Waals surface area contributed by atoms with Crippen molar-refractivity contribution in [3.05, 3.63) is 41.6 Å². The Morgan fingerprint density at radius 2 is 2.19 bits per heavy atom. The minimum atomic E-state index is -0.0854. The first-order valence-corrected chi connectivity index (χ1v) is 7.18. The number of hydrogen-bond donors (Lipinski definition) is 3. The number of H-pyrrole nitrogens is 1. The van der Waals surface area contributed by atoms with Crippen LogP contribution in [0.1, 0.15) is 35.2 Å². The Labute approximate surface area is 124 Å². The highest BCUT2D eigenvalue weighted by Gasteiger charge is 2.09. The molecule has 2 rings (SSSR count). The van der Waals surface area contributed by atoms with E-state index in [1.165, 1.54) is 0 Å². The van der Waals surface area contributed by atoms with Crippen molar-refractivity contribution in [2.45, 2.75) is 26.2 Å². The van der Waals surface area contributed by atoms with E-state index in [1.54, 1.807) is 25.5 Å². The average Bonchev–Trinajstić information content (AvgIpc) is 3.00. The highest BCUT2D eigenvalue weighted by Crippen LogP contribution is 2.11. The molecule has 2 aromatic rings. The summed E-state index contributed by atoms with van der Waals surface area (Å²) in [5, 5.41) is 5.90. The zero-order chi connectivity index (χ0) is 15.1. The summed E-state index contributed by atoms with van der Waals surface area (Å²) in [5.74, 6) is 1.50. The molecule has 0 aromatic carbocycles. The van der Waals surface area contributed by atoms with Gasteiger partial charge < -0.3 is 15.6 Å². The molecule has 0 radical (unpaired) electrons. The number of aromatic amines is 1. The van der Waals surface area contributed by atoms with Crippen molar-refractivity contribution in [3.63, 3.8) is 0 Å². The molecule has 0 aliphatic carbocycles. The monoisotopic (exact) mass is 287 g/mol. The number of aromatic nitrogens is 3. The molecule has 112 valence electrons. The largest absolute Gasteiger partial charge is 0.373 e. The first-order valence-electron chi connectivity index (χ1n) is 7.18. The summed E-state index contributed by atoms with van der Waals surface area (Å²) in [7, 11) is 1.80. The standard InChI is InChI=1S/C15H21N5O/c1-3-4-12-9-11(10-14(16-2)20-12)15(21)19-6-5-13-17-7-8-18-13/h7-10H,3-6H2,1-2H3,(H,16,20)(H,17,18)(H,19,21). The van der Waals surface area contributed by atoms with Gasteiger partial charge >= 0.3 is 0 Å². The fourth-order valence-corrected chi connectivity index (χ4v) is 2.06. The number of nitrogens with one attached hydrogen (secondary N) is 3. The van der Waals surface area contributed by atoms with E-state index in [9.17, 15) is 4.79 Å². The Balaban J connectivity index is 1.98. The molecule has 0 unspecified atom stereocenters. The van der Waals surface area contributed by atoms with E-state index in [0.29, 0.717) is 18.5 Å². The van der Waals surface area contributed by atoms with Crippen LogP contribution in [0.5, 0.6) is 0 Å². The first-order chi connectivity index (χ1) is 10.2. The molecule has 0 saturated carbocycles. The van der Waals surface area contributed by atoms with Gasteiger partial charge in [-0.05, 0) is 18.6 Å². The Bertz CT molecular complexity index is 580. The van der Waals surface area contributed by atoms with Crippen LogP contribution >= 0.6 is 0 Å². The van der Waals surface area contributed by atoms with E-state index in [-0.39, 0.29) is 5.91 Å². The molecular formula is C15H21N5O. The fraction of sp³-hybridized carbons (Fsp3) is 0.400. The van der Waals surface area contributed by atoms with Gasteiger partial charge in [-0.25, -0.2) is 9.97 Å². The summed E-state index contributed by atoms with van der Waals surface area (Å²) in [5.41, 5.74) is 1.57. The summed E-state index contributed by atoms with van der Waals surface area (Å²) >= 11 is 0. The highest BCUT2D eigenvalue weighted by atomic mass is 16.1. The van der Waals surface area contributed by atoms with Gasteiger partial charge in [0.15, 0.2) is 0 Å². The molecule has 0 aliphatic rings. The lowest BCUT2D eigenvalue weighted by molar-refractivity contribution is 0.0954. The van der Waals surface area contributed by atoms with E-state index in [0.717, 1.165) is 30.2 Å². The van der Waals surface area contributed by atoms with Gasteiger partial charge in [0, 0.05) is 43.7 Å². The van der Waals surface area contributed by atoms with Crippen molar-refractivity contribution in [1.82, 2.24) is 20.3 Å². The zero-order valence-electron chi connectivity index (χ0n) is 12.4. The molecule has 6 heteroatoms. The summed E-state index contributed by atoms with van der Waals surface area (Å²) in [6, 6.07) is 3.62. The maximum absolute atomic E-state index is 12.2. The number of imidazole rings is 1. The van der Waals surface area contributed by atoms with Crippen molar-refractivity contribution >= 4 is 11.7 Å². The normalized spacial score (nSPS) is 10.4. The van der Waals surface area contributed by atoms with E-state index >= 15 is 0 Å². The average molecular weight is 287 g/mol. The number of amides is 1. The maximum atomic E-state index is 12.2. The van der Waals surface area contributed by atoms with Crippen LogP contribution in [0.2, 0.25) is 0 Å². The van der Waals surface area contributed by atoms with Gasteiger partial charge in [0.05, 0.1) is 0 Å². The highest BCUT2D eigenvalue weighted by molar-refractivity contribution is 5.95. The second-order valence-corrected chi connectivity index (χ2v) is 4.77. The lowest BCUT2D eigenvalue weighted by Gasteiger charge is -2.09. The summed E-state index contributed by atoms with van der Waals surface area (Å²) in [4.78, 5) is 23.8. The molecule has 1 amide bonds. The van der Waals surface area contributed by atoms with E-state index in [2.05, 4.69) is 32.5 Å². The van der Waals surface area contributed by atoms with Gasteiger partial charge in [0.1, 0.15) is 11.6 Å². The Morgan fingerprint density at radius 1 is 1.33 bits per heavy atom. The number of hydrogen-bond acceptors (Lipinski definition) is 4. The van der Waals surface area contributed by atoms with E-state index < -0.39 is 0 Å². The minimum Gasteiger partial charge on any atom is -0.373 e. The van der Waals surface area contributed by atoms with Crippen molar-refractivity contribution in [3.8, 4) is 0 Å². The van der Waals surface area contributed by atoms with Crippen LogP contribution in [0.3, 0.4) is 0 Å². The Kier molecular flexibility index (Phi) is 5.31. The molecule has 6 nitrogen and oxygen atoms in total. The quantitative estimate of drug-likeness (QED) is 0.725. The number of pyridine rings is 1. The van der Waals surface area contributed by atoms with Crippen molar-refractivity contribution in [2.24, 2.45) is 0 Å². The van der Waals surface area contributed by atoms with Gasteiger partial charge in [0.2, 0.25) is 0 Å². The number of rotatable bonds is 7. The molecule has 0 spiro atoms. The molecule has 2 heterocycles. The third-order valence-corrected chi connectivity index (χ3v) is 3.11. The molecule has 0 atom stereocenters. The molecule has 21 heavy (non-hydrogen) atoms. The summed E-state index contributed by atoms with van der Waals surface area (Å²) in [6.45, 7) is 2.64. The molecule has 0 aliphatic heterocycles. The predicted molar refractivity (Wildman–Crippen MR) is 82.4 cm³/mol. The van der Waals surface area contributed by atoms with Crippen LogP contribution in [-0.4, -0.2) is 34.5 Å². The number of carbonyl (C=O) groups is 1. The van der Waals surface area contributed by atoms with Gasteiger partial charge in [0.25, 0.3) is 5.91 Å². The first kappa shape index (κ1) is 15.0. The Hall–Kier alpha value is -2.37. The van der Waals surface area contributed by atoms with Gasteiger partial charge in [-0.2, -0.15) is 0 Å². The Morgan fingerprint density at radius 3 is 2.86 bits per heavy atom. The van der Waals surface area contributed by atoms with Gasteiger partial charge in [-0.1, -0.05) is 13.3 Å². The molecule has 3 N–H and O–H groups in total. The molecule has 0 bridgehead atoms. The third kappa shape index (κ3) is 4.30. The van der Waals surface area contributed by atoms with Crippen LogP contribution in [0, 0.1) is 0 Å². The smallest absolute Gasteiger partial charge is 0.251 e. The van der Waals surface area contributed by atoms with E-state index in [1.807, 2.05) is 6.07 Å². The third-order valence-electron chi connectivity index (χ3n) is 3.11. The van der Waals surface area contributed by atoms with Crippen molar-refractivity contribution in [2.75, 3.05) is 18.9 Å². The molecule has 0 fully saturated rings. The second kappa shape index (κ2) is 7.42. The topological polar surface area (TPSA) is 82.7 Å². The SMILES string of the molecule is CCCc1cc(C(=O)NCCc2ncc[nH]2)cc(NC)n1. The lowest BCUT2D eigenvalue weighted by atomic mass is 10.1. The van der Waals surface area contributed by atoms with Crippen LogP contribution in [-0.2, 0) is 12.8 Å². The van der Waals surface area contributed by atoms with E-state index in [4.69, 9.17) is 0 Å². The van der Waals surface area contributed by atoms with Gasteiger partial charge in [-0.3, -0.25) is 4.79 Å². The predicted octanol–water partition coefficient (Wildman–Crippen LogP) is 1.77. The molecule has 2 aromatic heterocycles. The number of aryl methyl sites for hydroxylation is 1. The summed E-state index contributed by atoms with van der Waals surface area (Å²) in [6.07, 6.45) is 6.03. The van der Waals surface area contributed by atoms with Crippen LogP contribution in [0.25, 0.3) is 0 Å². The minimum absolute atomic E-state index is 0.0854.